The van der Waals surface area contributed by atoms with Crippen molar-refractivity contribution in [2.45, 2.75) is 18.9 Å². The first kappa shape index (κ1) is 12.6. The number of rotatable bonds is 2. The summed E-state index contributed by atoms with van der Waals surface area (Å²) >= 11 is 3.44. The second kappa shape index (κ2) is 4.57. The largest absolute Gasteiger partial charge is 0.381 e. The molecule has 3 heterocycles. The van der Waals surface area contributed by atoms with Crippen LogP contribution in [0.4, 0.5) is 5.82 Å². The quantitative estimate of drug-likeness (QED) is 0.872. The number of halogens is 1. The molecule has 1 saturated heterocycles. The third-order valence-corrected chi connectivity index (χ3v) is 4.31. The summed E-state index contributed by atoms with van der Waals surface area (Å²) in [4.78, 5) is 6.59. The highest BCUT2D eigenvalue weighted by Gasteiger charge is 2.40. The van der Waals surface area contributed by atoms with Crippen molar-refractivity contribution in [3.05, 3.63) is 34.2 Å². The van der Waals surface area contributed by atoms with E-state index in [1.54, 1.807) is 6.20 Å². The molecule has 2 aromatic rings. The Kier molecular flexibility index (Phi) is 3.02. The summed E-state index contributed by atoms with van der Waals surface area (Å²) in [7, 11) is 0. The molecule has 0 amide bonds. The first-order chi connectivity index (χ1) is 9.08. The molecule has 0 spiro atoms. The van der Waals surface area contributed by atoms with Gasteiger partial charge in [0.1, 0.15) is 17.1 Å². The van der Waals surface area contributed by atoms with Crippen molar-refractivity contribution in [1.82, 2.24) is 20.4 Å². The maximum Gasteiger partial charge on any atom is 0.129 e. The second-order valence-electron chi connectivity index (χ2n) is 4.80. The number of aromatic nitrogens is 4. The van der Waals surface area contributed by atoms with E-state index in [0.29, 0.717) is 18.7 Å². The molecule has 0 aromatic carbocycles. The average Bonchev–Trinajstić information content (AvgIpc) is 3.02. The van der Waals surface area contributed by atoms with Crippen molar-refractivity contribution < 1.29 is 5.11 Å². The highest BCUT2D eigenvalue weighted by atomic mass is 79.9. The highest BCUT2D eigenvalue weighted by Crippen LogP contribution is 2.33. The van der Waals surface area contributed by atoms with E-state index in [9.17, 15) is 5.11 Å². The van der Waals surface area contributed by atoms with Gasteiger partial charge in [0.15, 0.2) is 0 Å². The molecule has 0 unspecified atom stereocenters. The van der Waals surface area contributed by atoms with Crippen LogP contribution in [0.1, 0.15) is 17.8 Å². The van der Waals surface area contributed by atoms with Gasteiger partial charge in [-0.2, -0.15) is 15.4 Å². The van der Waals surface area contributed by atoms with E-state index >= 15 is 0 Å². The first-order valence-corrected chi connectivity index (χ1v) is 6.84. The van der Waals surface area contributed by atoms with Gasteiger partial charge >= 0.3 is 0 Å². The Bertz CT molecular complexity index is 588. The van der Waals surface area contributed by atoms with E-state index in [-0.39, 0.29) is 0 Å². The summed E-state index contributed by atoms with van der Waals surface area (Å²) in [6.07, 6.45) is 2.19. The number of aryl methyl sites for hydroxylation is 1. The standard InChI is InChI=1S/C12H14BrN5O/c1-8-9(13)2-3-11(15-8)18-5-4-12(19,7-18)10-6-14-17-16-10/h2-3,6,19H,4-5,7H2,1H3,(H,14,16,17)/t12-/m0/s1. The maximum atomic E-state index is 10.6. The summed E-state index contributed by atoms with van der Waals surface area (Å²) in [5.41, 5.74) is 0.577. The lowest BCUT2D eigenvalue weighted by Crippen LogP contribution is -2.31. The molecular formula is C12H14BrN5O. The Labute approximate surface area is 119 Å². The monoisotopic (exact) mass is 323 g/mol. The number of anilines is 1. The second-order valence-corrected chi connectivity index (χ2v) is 5.65. The van der Waals surface area contributed by atoms with Crippen LogP contribution in [0.25, 0.3) is 0 Å². The van der Waals surface area contributed by atoms with E-state index in [1.807, 2.05) is 19.1 Å². The highest BCUT2D eigenvalue weighted by molar-refractivity contribution is 9.10. The van der Waals surface area contributed by atoms with Crippen LogP contribution in [0, 0.1) is 6.92 Å². The Hall–Kier alpha value is -1.47. The van der Waals surface area contributed by atoms with E-state index < -0.39 is 5.60 Å². The van der Waals surface area contributed by atoms with Crippen LogP contribution < -0.4 is 4.90 Å². The smallest absolute Gasteiger partial charge is 0.129 e. The van der Waals surface area contributed by atoms with Gasteiger partial charge in [-0.3, -0.25) is 0 Å². The summed E-state index contributed by atoms with van der Waals surface area (Å²) in [6, 6.07) is 3.93. The van der Waals surface area contributed by atoms with Crippen LogP contribution in [0.15, 0.2) is 22.8 Å². The van der Waals surface area contributed by atoms with Crippen LogP contribution in [-0.4, -0.2) is 38.6 Å². The molecule has 1 fully saturated rings. The van der Waals surface area contributed by atoms with Gasteiger partial charge in [0.05, 0.1) is 18.4 Å². The average molecular weight is 324 g/mol. The molecule has 2 aromatic heterocycles. The lowest BCUT2D eigenvalue weighted by Gasteiger charge is -2.22. The van der Waals surface area contributed by atoms with E-state index in [2.05, 4.69) is 41.2 Å². The molecule has 1 aliphatic rings. The number of hydrogen-bond donors (Lipinski definition) is 2. The van der Waals surface area contributed by atoms with Gasteiger partial charge in [0.2, 0.25) is 0 Å². The van der Waals surface area contributed by atoms with Gasteiger partial charge < -0.3 is 10.0 Å². The van der Waals surface area contributed by atoms with Crippen molar-refractivity contribution in [1.29, 1.82) is 0 Å². The lowest BCUT2D eigenvalue weighted by molar-refractivity contribution is 0.0559. The summed E-state index contributed by atoms with van der Waals surface area (Å²) in [6.45, 7) is 3.18. The van der Waals surface area contributed by atoms with Crippen LogP contribution in [0.2, 0.25) is 0 Å². The molecule has 7 heteroatoms. The molecule has 0 aliphatic carbocycles. The number of nitrogens with zero attached hydrogens (tertiary/aromatic N) is 4. The summed E-state index contributed by atoms with van der Waals surface area (Å²) in [5, 5.41) is 20.9. The molecule has 19 heavy (non-hydrogen) atoms. The van der Waals surface area contributed by atoms with E-state index in [4.69, 9.17) is 0 Å². The third-order valence-electron chi connectivity index (χ3n) is 3.47. The summed E-state index contributed by atoms with van der Waals surface area (Å²) < 4.78 is 0.988. The van der Waals surface area contributed by atoms with Crippen molar-refractivity contribution in [3.63, 3.8) is 0 Å². The number of aromatic amines is 1. The van der Waals surface area contributed by atoms with Crippen molar-refractivity contribution in [2.75, 3.05) is 18.0 Å². The predicted octanol–water partition coefficient (Wildman–Crippen LogP) is 1.37. The number of β-amino-alcohol motifs (C(OH)–C–C–N with tert-alkyl or cyclic N) is 1. The Morgan fingerprint density at radius 1 is 1.47 bits per heavy atom. The fourth-order valence-corrected chi connectivity index (χ4v) is 2.55. The Morgan fingerprint density at radius 3 is 3.00 bits per heavy atom. The number of pyridine rings is 1. The van der Waals surface area contributed by atoms with E-state index in [1.165, 1.54) is 0 Å². The molecular weight excluding hydrogens is 310 g/mol. The molecule has 3 rings (SSSR count). The van der Waals surface area contributed by atoms with Gasteiger partial charge in [-0.1, -0.05) is 0 Å². The zero-order valence-corrected chi connectivity index (χ0v) is 12.1. The first-order valence-electron chi connectivity index (χ1n) is 6.05. The van der Waals surface area contributed by atoms with Gasteiger partial charge in [0, 0.05) is 17.4 Å². The minimum absolute atomic E-state index is 0.480. The fraction of sp³-hybridized carbons (Fsp3) is 0.417. The lowest BCUT2D eigenvalue weighted by atomic mass is 10.0. The SMILES string of the molecule is Cc1nc(N2CC[C@@](O)(c3cn[nH]n3)C2)ccc1Br. The topological polar surface area (TPSA) is 77.9 Å². The van der Waals surface area contributed by atoms with Crippen molar-refractivity contribution >= 4 is 21.7 Å². The molecule has 0 bridgehead atoms. The molecule has 1 aliphatic heterocycles. The molecule has 100 valence electrons. The van der Waals surface area contributed by atoms with Gasteiger partial charge in [-0.25, -0.2) is 4.98 Å². The third kappa shape index (κ3) is 2.23. The number of aliphatic hydroxyl groups is 1. The number of hydrogen-bond acceptors (Lipinski definition) is 5. The zero-order valence-electron chi connectivity index (χ0n) is 10.5. The molecule has 2 N–H and O–H groups in total. The van der Waals surface area contributed by atoms with E-state index in [0.717, 1.165) is 22.5 Å². The van der Waals surface area contributed by atoms with Gasteiger partial charge in [0.25, 0.3) is 0 Å². The number of H-pyrrole nitrogens is 1. The molecule has 1 atom stereocenters. The molecule has 0 radical (unpaired) electrons. The molecule has 6 nitrogen and oxygen atoms in total. The van der Waals surface area contributed by atoms with Gasteiger partial charge in [-0.15, -0.1) is 0 Å². The summed E-state index contributed by atoms with van der Waals surface area (Å²) in [5.74, 6) is 0.875. The van der Waals surface area contributed by atoms with Crippen molar-refractivity contribution in [2.24, 2.45) is 0 Å². The maximum absolute atomic E-state index is 10.6. The predicted molar refractivity (Wildman–Crippen MR) is 73.8 cm³/mol. The Balaban J connectivity index is 1.84. The zero-order chi connectivity index (χ0) is 13.5. The van der Waals surface area contributed by atoms with Crippen LogP contribution in [-0.2, 0) is 5.60 Å². The minimum atomic E-state index is -0.949. The van der Waals surface area contributed by atoms with Crippen LogP contribution >= 0.6 is 15.9 Å². The van der Waals surface area contributed by atoms with Crippen molar-refractivity contribution in [3.8, 4) is 0 Å². The Morgan fingerprint density at radius 2 is 2.32 bits per heavy atom. The van der Waals surface area contributed by atoms with Crippen LogP contribution in [0.3, 0.4) is 0 Å². The normalized spacial score (nSPS) is 23.0. The minimum Gasteiger partial charge on any atom is -0.381 e. The number of nitrogens with one attached hydrogen (secondary N) is 1. The van der Waals surface area contributed by atoms with Crippen LogP contribution in [0.5, 0.6) is 0 Å². The van der Waals surface area contributed by atoms with Gasteiger partial charge in [-0.05, 0) is 35.0 Å². The fourth-order valence-electron chi connectivity index (χ4n) is 2.33. The molecule has 0 saturated carbocycles.